The van der Waals surface area contributed by atoms with Gasteiger partial charge >= 0.3 is 0 Å². The summed E-state index contributed by atoms with van der Waals surface area (Å²) >= 11 is 0. The lowest BCUT2D eigenvalue weighted by Crippen LogP contribution is -2.48. The van der Waals surface area contributed by atoms with Crippen LogP contribution in [-0.2, 0) is 4.74 Å². The van der Waals surface area contributed by atoms with Gasteiger partial charge in [0.1, 0.15) is 6.61 Å². The normalized spacial score (nSPS) is 18.3. The number of alkyl halides is 2. The predicted molar refractivity (Wildman–Crippen MR) is 35.9 cm³/mol. The Morgan fingerprint density at radius 3 is 2.40 bits per heavy atom. The molecule has 0 unspecified atom stereocenters. The molecule has 0 spiro atoms. The van der Waals surface area contributed by atoms with Gasteiger partial charge in [-0.05, 0) is 0 Å². The van der Waals surface area contributed by atoms with Gasteiger partial charge in [0.25, 0.3) is 6.43 Å². The molecule has 10 heavy (non-hydrogen) atoms. The fourth-order valence-corrected chi connectivity index (χ4v) is 0.589. The number of ether oxygens (including phenoxy) is 1. The lowest BCUT2D eigenvalue weighted by molar-refractivity contribution is -0.0422. The van der Waals surface area contributed by atoms with Crippen LogP contribution < -0.4 is 5.32 Å². The first-order chi connectivity index (χ1) is 4.29. The Balaban J connectivity index is 0.000000810. The average Bonchev–Trinajstić information content (AvgIpc) is 1.60. The molecule has 1 rings (SSSR count). The maximum Gasteiger partial charge on any atom is 0.261 e. The third-order valence-corrected chi connectivity index (χ3v) is 1.20. The van der Waals surface area contributed by atoms with Crippen LogP contribution in [-0.4, -0.2) is 32.2 Å². The Kier molecular flexibility index (Phi) is 4.85. The summed E-state index contributed by atoms with van der Waals surface area (Å²) in [5.41, 5.74) is 0. The van der Waals surface area contributed by atoms with Crippen LogP contribution in [0.25, 0.3) is 0 Å². The molecule has 0 saturated carbocycles. The Morgan fingerprint density at radius 2 is 2.10 bits per heavy atom. The zero-order chi connectivity index (χ0) is 6.69. The second kappa shape index (κ2) is 4.82. The number of hydrogen-bond acceptors (Lipinski definition) is 2. The summed E-state index contributed by atoms with van der Waals surface area (Å²) in [5, 5.41) is 2.92. The van der Waals surface area contributed by atoms with E-state index in [0.717, 1.165) is 0 Å². The van der Waals surface area contributed by atoms with Crippen molar-refractivity contribution >= 4 is 12.4 Å². The molecule has 0 aliphatic carbocycles. The molecule has 0 bridgehead atoms. The molecule has 62 valence electrons. The first-order valence-corrected chi connectivity index (χ1v) is 2.89. The molecule has 1 heterocycles. The van der Waals surface area contributed by atoms with Gasteiger partial charge in [0, 0.05) is 13.1 Å². The zero-order valence-electron chi connectivity index (χ0n) is 5.35. The smallest absolute Gasteiger partial charge is 0.261 e. The minimum atomic E-state index is -2.33. The van der Waals surface area contributed by atoms with Crippen LogP contribution in [0.5, 0.6) is 0 Å². The van der Waals surface area contributed by atoms with Crippen molar-refractivity contribution in [3.63, 3.8) is 0 Å². The second-order valence-corrected chi connectivity index (χ2v) is 2.00. The summed E-state index contributed by atoms with van der Waals surface area (Å²) < 4.78 is 27.5. The Hall–Kier alpha value is 0.0700. The van der Waals surface area contributed by atoms with Crippen LogP contribution in [0.15, 0.2) is 0 Å². The highest BCUT2D eigenvalue weighted by Crippen LogP contribution is 2.01. The lowest BCUT2D eigenvalue weighted by atomic mass is 10.2. The number of rotatable bonds is 3. The molecular formula is C5H10ClF2NO. The zero-order valence-corrected chi connectivity index (χ0v) is 6.16. The standard InChI is InChI=1S/C5H9F2NO.ClH/c6-5(7)3-9-4-1-8-2-4;/h4-5,8H,1-3H2;1H. The third kappa shape index (κ3) is 3.29. The molecule has 5 heteroatoms. The van der Waals surface area contributed by atoms with Crippen molar-refractivity contribution in [2.24, 2.45) is 0 Å². The molecule has 0 atom stereocenters. The van der Waals surface area contributed by atoms with E-state index in [2.05, 4.69) is 5.32 Å². The minimum absolute atomic E-state index is 0. The van der Waals surface area contributed by atoms with Crippen molar-refractivity contribution in [1.82, 2.24) is 5.32 Å². The van der Waals surface area contributed by atoms with Crippen molar-refractivity contribution < 1.29 is 13.5 Å². The molecule has 0 aromatic heterocycles. The maximum atomic E-state index is 11.4. The maximum absolute atomic E-state index is 11.4. The third-order valence-electron chi connectivity index (χ3n) is 1.20. The Bertz CT molecular complexity index is 89.7. The van der Waals surface area contributed by atoms with Gasteiger partial charge in [0.05, 0.1) is 6.10 Å². The number of halogens is 3. The van der Waals surface area contributed by atoms with Crippen molar-refractivity contribution in [2.75, 3.05) is 19.7 Å². The molecule has 0 amide bonds. The highest BCUT2D eigenvalue weighted by Gasteiger charge is 2.18. The molecule has 0 aromatic carbocycles. The van der Waals surface area contributed by atoms with Crippen LogP contribution in [0.4, 0.5) is 8.78 Å². The molecule has 1 saturated heterocycles. The summed E-state index contributed by atoms with van der Waals surface area (Å²) in [5.74, 6) is 0. The highest BCUT2D eigenvalue weighted by molar-refractivity contribution is 5.85. The van der Waals surface area contributed by atoms with Gasteiger partial charge in [0.2, 0.25) is 0 Å². The predicted octanol–water partition coefficient (Wildman–Crippen LogP) is 0.662. The van der Waals surface area contributed by atoms with E-state index in [-0.39, 0.29) is 18.5 Å². The Labute approximate surface area is 64.3 Å². The van der Waals surface area contributed by atoms with Crippen LogP contribution in [0.3, 0.4) is 0 Å². The SMILES string of the molecule is Cl.FC(F)COC1CNC1. The van der Waals surface area contributed by atoms with Crippen LogP contribution in [0.1, 0.15) is 0 Å². The molecule has 0 radical (unpaired) electrons. The van der Waals surface area contributed by atoms with E-state index in [1.807, 2.05) is 0 Å². The molecule has 1 aliphatic heterocycles. The van der Waals surface area contributed by atoms with Crippen molar-refractivity contribution in [1.29, 1.82) is 0 Å². The highest BCUT2D eigenvalue weighted by atomic mass is 35.5. The van der Waals surface area contributed by atoms with Crippen LogP contribution >= 0.6 is 12.4 Å². The van der Waals surface area contributed by atoms with Crippen LogP contribution in [0, 0.1) is 0 Å². The molecule has 1 aliphatic rings. The summed E-state index contributed by atoms with van der Waals surface area (Å²) in [7, 11) is 0. The van der Waals surface area contributed by atoms with E-state index in [1.54, 1.807) is 0 Å². The largest absolute Gasteiger partial charge is 0.370 e. The van der Waals surface area contributed by atoms with Gasteiger partial charge < -0.3 is 10.1 Å². The van der Waals surface area contributed by atoms with Gasteiger partial charge in [0.15, 0.2) is 0 Å². The first kappa shape index (κ1) is 10.1. The molecule has 1 fully saturated rings. The second-order valence-electron chi connectivity index (χ2n) is 2.00. The topological polar surface area (TPSA) is 21.3 Å². The van der Waals surface area contributed by atoms with Gasteiger partial charge in [-0.25, -0.2) is 8.78 Å². The number of hydrogen-bond donors (Lipinski definition) is 1. The first-order valence-electron chi connectivity index (χ1n) is 2.89. The van der Waals surface area contributed by atoms with Crippen molar-refractivity contribution in [2.45, 2.75) is 12.5 Å². The van der Waals surface area contributed by atoms with E-state index < -0.39 is 13.0 Å². The Morgan fingerprint density at radius 1 is 1.50 bits per heavy atom. The summed E-state index contributed by atoms with van der Waals surface area (Å²) in [4.78, 5) is 0. The van der Waals surface area contributed by atoms with Gasteiger partial charge in [-0.3, -0.25) is 0 Å². The lowest BCUT2D eigenvalue weighted by Gasteiger charge is -2.26. The summed E-state index contributed by atoms with van der Waals surface area (Å²) in [6.45, 7) is 1.01. The van der Waals surface area contributed by atoms with E-state index in [4.69, 9.17) is 4.74 Å². The van der Waals surface area contributed by atoms with E-state index in [0.29, 0.717) is 13.1 Å². The minimum Gasteiger partial charge on any atom is -0.370 e. The van der Waals surface area contributed by atoms with E-state index in [1.165, 1.54) is 0 Å². The molecular weight excluding hydrogens is 164 g/mol. The monoisotopic (exact) mass is 173 g/mol. The van der Waals surface area contributed by atoms with E-state index in [9.17, 15) is 8.78 Å². The summed E-state index contributed by atoms with van der Waals surface area (Å²) in [6.07, 6.45) is -2.30. The van der Waals surface area contributed by atoms with Gasteiger partial charge in [-0.15, -0.1) is 12.4 Å². The quantitative estimate of drug-likeness (QED) is 0.677. The average molecular weight is 174 g/mol. The van der Waals surface area contributed by atoms with Crippen molar-refractivity contribution in [3.8, 4) is 0 Å². The van der Waals surface area contributed by atoms with Crippen molar-refractivity contribution in [3.05, 3.63) is 0 Å². The molecule has 0 aromatic rings. The molecule has 2 nitrogen and oxygen atoms in total. The summed E-state index contributed by atoms with van der Waals surface area (Å²) in [6, 6.07) is 0. The molecule has 1 N–H and O–H groups in total. The van der Waals surface area contributed by atoms with Gasteiger partial charge in [-0.1, -0.05) is 0 Å². The fourth-order valence-electron chi connectivity index (χ4n) is 0.589. The number of nitrogens with one attached hydrogen (secondary N) is 1. The van der Waals surface area contributed by atoms with E-state index >= 15 is 0 Å². The van der Waals surface area contributed by atoms with Gasteiger partial charge in [-0.2, -0.15) is 0 Å². The fraction of sp³-hybridized carbons (Fsp3) is 1.00. The van der Waals surface area contributed by atoms with Crippen LogP contribution in [0.2, 0.25) is 0 Å².